The number of ether oxygens (including phenoxy) is 1. The van der Waals surface area contributed by atoms with Gasteiger partial charge in [0.25, 0.3) is 0 Å². The van der Waals surface area contributed by atoms with Crippen molar-refractivity contribution in [3.63, 3.8) is 0 Å². The van der Waals surface area contributed by atoms with Crippen molar-refractivity contribution in [2.75, 3.05) is 0 Å². The normalized spacial score (nSPS) is 10.8. The zero-order valence-corrected chi connectivity index (χ0v) is 15.7. The molecule has 0 fully saturated rings. The highest BCUT2D eigenvalue weighted by atomic mass is 16.5. The fraction of sp³-hybridized carbons (Fsp3) is 0.174. The molecular formula is C23H20O6. The van der Waals surface area contributed by atoms with E-state index in [9.17, 15) is 4.79 Å². The first-order chi connectivity index (χ1) is 14.3. The largest absolute Gasteiger partial charge is 0.469 e. The van der Waals surface area contributed by atoms with Gasteiger partial charge in [-0.2, -0.15) is 0 Å². The minimum Gasteiger partial charge on any atom is -0.469 e. The van der Waals surface area contributed by atoms with Crippen LogP contribution in [-0.2, 0) is 35.4 Å². The van der Waals surface area contributed by atoms with Crippen LogP contribution in [0.3, 0.4) is 0 Å². The molecule has 6 nitrogen and oxygen atoms in total. The number of rotatable bonds is 9. The highest BCUT2D eigenvalue weighted by molar-refractivity contribution is 5.90. The number of carbonyl (C=O) groups excluding carboxylic acids is 1. The van der Waals surface area contributed by atoms with Gasteiger partial charge in [0.05, 0.1) is 25.1 Å². The van der Waals surface area contributed by atoms with E-state index in [4.69, 9.17) is 22.4 Å². The average molecular weight is 392 g/mol. The lowest BCUT2D eigenvalue weighted by atomic mass is 9.96. The molecule has 4 heterocycles. The zero-order chi connectivity index (χ0) is 19.9. The Morgan fingerprint density at radius 2 is 1.10 bits per heavy atom. The Balaban J connectivity index is 1.65. The van der Waals surface area contributed by atoms with Crippen molar-refractivity contribution in [1.82, 2.24) is 0 Å². The lowest BCUT2D eigenvalue weighted by Crippen LogP contribution is -2.14. The fourth-order valence-corrected chi connectivity index (χ4v) is 3.07. The van der Waals surface area contributed by atoms with Crippen molar-refractivity contribution in [3.05, 3.63) is 108 Å². The quantitative estimate of drug-likeness (QED) is 0.290. The summed E-state index contributed by atoms with van der Waals surface area (Å²) in [6.07, 6.45) is 7.57. The Bertz CT molecular complexity index is 981. The molecule has 0 saturated carbocycles. The molecule has 0 radical (unpaired) electrons. The summed E-state index contributed by atoms with van der Waals surface area (Å²) in [6, 6.07) is 14.5. The van der Waals surface area contributed by atoms with Crippen LogP contribution in [0.1, 0.15) is 23.0 Å². The Morgan fingerprint density at radius 3 is 1.55 bits per heavy atom. The van der Waals surface area contributed by atoms with Crippen molar-refractivity contribution < 1.29 is 27.2 Å². The number of hydrogen-bond donors (Lipinski definition) is 0. The van der Waals surface area contributed by atoms with E-state index in [0.29, 0.717) is 36.4 Å². The van der Waals surface area contributed by atoms with Gasteiger partial charge in [0.2, 0.25) is 0 Å². The van der Waals surface area contributed by atoms with E-state index in [-0.39, 0.29) is 6.61 Å². The Kier molecular flexibility index (Phi) is 5.81. The molecule has 0 aliphatic carbocycles. The van der Waals surface area contributed by atoms with E-state index < -0.39 is 5.97 Å². The molecule has 4 aromatic rings. The van der Waals surface area contributed by atoms with E-state index in [0.717, 1.165) is 17.1 Å². The molecule has 0 unspecified atom stereocenters. The van der Waals surface area contributed by atoms with Crippen molar-refractivity contribution in [2.45, 2.75) is 25.9 Å². The minimum atomic E-state index is -0.425. The van der Waals surface area contributed by atoms with Gasteiger partial charge in [0.15, 0.2) is 0 Å². The van der Waals surface area contributed by atoms with Gasteiger partial charge in [0, 0.05) is 24.8 Å². The molecule has 4 rings (SSSR count). The summed E-state index contributed by atoms with van der Waals surface area (Å²) in [4.78, 5) is 13.0. The second kappa shape index (κ2) is 9.01. The first kappa shape index (κ1) is 18.7. The average Bonchev–Trinajstić information content (AvgIpc) is 3.53. The van der Waals surface area contributed by atoms with Gasteiger partial charge in [-0.1, -0.05) is 0 Å². The number of allylic oxidation sites excluding steroid dienone is 1. The molecule has 6 heteroatoms. The molecule has 0 spiro atoms. The molecule has 0 N–H and O–H groups in total. The van der Waals surface area contributed by atoms with E-state index in [2.05, 4.69) is 0 Å². The highest BCUT2D eigenvalue weighted by Gasteiger charge is 2.21. The third kappa shape index (κ3) is 4.99. The maximum absolute atomic E-state index is 13.0. The summed E-state index contributed by atoms with van der Waals surface area (Å²) >= 11 is 0. The van der Waals surface area contributed by atoms with E-state index in [1.54, 1.807) is 43.3 Å². The maximum atomic E-state index is 13.0. The molecule has 0 aromatic carbocycles. The molecule has 0 saturated heterocycles. The zero-order valence-electron chi connectivity index (χ0n) is 15.7. The van der Waals surface area contributed by atoms with Crippen LogP contribution >= 0.6 is 0 Å². The molecule has 0 bridgehead atoms. The highest BCUT2D eigenvalue weighted by Crippen LogP contribution is 2.23. The second-order valence-corrected chi connectivity index (χ2v) is 6.51. The van der Waals surface area contributed by atoms with Crippen LogP contribution in [0.5, 0.6) is 0 Å². The van der Waals surface area contributed by atoms with Gasteiger partial charge in [-0.25, -0.2) is 4.79 Å². The summed E-state index contributed by atoms with van der Waals surface area (Å²) in [5.41, 5.74) is 1.36. The Labute approximate surface area is 167 Å². The lowest BCUT2D eigenvalue weighted by molar-refractivity contribution is -0.141. The van der Waals surface area contributed by atoms with Crippen molar-refractivity contribution >= 4 is 5.97 Å². The van der Waals surface area contributed by atoms with Crippen LogP contribution in [-0.4, -0.2) is 5.97 Å². The van der Waals surface area contributed by atoms with Crippen molar-refractivity contribution in [1.29, 1.82) is 0 Å². The smallest absolute Gasteiger partial charge is 0.334 e. The van der Waals surface area contributed by atoms with Gasteiger partial charge in [-0.3, -0.25) is 0 Å². The number of carbonyl (C=O) groups is 1. The fourth-order valence-electron chi connectivity index (χ4n) is 3.07. The van der Waals surface area contributed by atoms with Gasteiger partial charge >= 0.3 is 5.97 Å². The molecule has 0 atom stereocenters. The number of hydrogen-bond acceptors (Lipinski definition) is 6. The lowest BCUT2D eigenvalue weighted by Gasteiger charge is -2.13. The monoisotopic (exact) mass is 392 g/mol. The third-order valence-electron chi connectivity index (χ3n) is 4.47. The number of furan rings is 4. The third-order valence-corrected chi connectivity index (χ3v) is 4.47. The second-order valence-electron chi connectivity index (χ2n) is 6.51. The van der Waals surface area contributed by atoms with Gasteiger partial charge in [-0.05, 0) is 54.1 Å². The summed E-state index contributed by atoms with van der Waals surface area (Å²) in [5.74, 6) is 2.33. The van der Waals surface area contributed by atoms with Gasteiger partial charge < -0.3 is 22.4 Å². The summed E-state index contributed by atoms with van der Waals surface area (Å²) < 4.78 is 27.3. The van der Waals surface area contributed by atoms with E-state index in [1.807, 2.05) is 30.3 Å². The number of esters is 1. The predicted molar refractivity (Wildman–Crippen MR) is 103 cm³/mol. The maximum Gasteiger partial charge on any atom is 0.334 e. The Hall–Kier alpha value is -3.67. The van der Waals surface area contributed by atoms with Crippen molar-refractivity contribution in [3.8, 4) is 0 Å². The van der Waals surface area contributed by atoms with Crippen LogP contribution < -0.4 is 0 Å². The predicted octanol–water partition coefficient (Wildman–Crippen LogP) is 5.13. The molecule has 4 aromatic heterocycles. The molecule has 29 heavy (non-hydrogen) atoms. The summed E-state index contributed by atoms with van der Waals surface area (Å²) in [5, 5.41) is 0. The van der Waals surface area contributed by atoms with Crippen LogP contribution in [0.15, 0.2) is 102 Å². The molecule has 0 amide bonds. The van der Waals surface area contributed by atoms with Gasteiger partial charge in [-0.15, -0.1) is 0 Å². The van der Waals surface area contributed by atoms with Gasteiger partial charge in [0.1, 0.15) is 29.6 Å². The van der Waals surface area contributed by atoms with Crippen LogP contribution in [0.25, 0.3) is 0 Å². The van der Waals surface area contributed by atoms with Crippen LogP contribution in [0.2, 0.25) is 0 Å². The SMILES string of the molecule is O=C(OCc1ccco1)C(Cc1ccco1)=C(Cc1ccco1)Cc1ccco1. The molecule has 0 aliphatic rings. The van der Waals surface area contributed by atoms with E-state index in [1.165, 1.54) is 0 Å². The first-order valence-electron chi connectivity index (χ1n) is 9.25. The first-order valence-corrected chi connectivity index (χ1v) is 9.25. The summed E-state index contributed by atoms with van der Waals surface area (Å²) in [7, 11) is 0. The molecule has 0 aliphatic heterocycles. The molecule has 148 valence electrons. The minimum absolute atomic E-state index is 0.0578. The van der Waals surface area contributed by atoms with Crippen LogP contribution in [0.4, 0.5) is 0 Å². The summed E-state index contributed by atoms with van der Waals surface area (Å²) in [6.45, 7) is 0.0578. The van der Waals surface area contributed by atoms with Crippen LogP contribution in [0, 0.1) is 0 Å². The standard InChI is InChI=1S/C23H20O6/c24-23(29-16-21-8-4-12-28-21)22(15-20-7-3-11-27-20)17(13-18-5-1-9-25-18)14-19-6-2-10-26-19/h1-12H,13-16H2. The van der Waals surface area contributed by atoms with Crippen molar-refractivity contribution in [2.24, 2.45) is 0 Å². The topological polar surface area (TPSA) is 78.9 Å². The Morgan fingerprint density at radius 1 is 0.655 bits per heavy atom. The van der Waals surface area contributed by atoms with E-state index >= 15 is 0 Å². The molecular weight excluding hydrogens is 372 g/mol.